The molecule has 2 heterocycles. The molecular weight excluding hydrogens is 246 g/mol. The van der Waals surface area contributed by atoms with E-state index < -0.39 is 0 Å². The number of benzene rings is 1. The van der Waals surface area contributed by atoms with Crippen LogP contribution in [0.1, 0.15) is 17.5 Å². The van der Waals surface area contributed by atoms with Gasteiger partial charge in [0, 0.05) is 44.8 Å². The van der Waals surface area contributed by atoms with Gasteiger partial charge in [0.2, 0.25) is 0 Å². The molecule has 0 radical (unpaired) electrons. The third kappa shape index (κ3) is 3.05. The molecule has 1 aromatic carbocycles. The van der Waals surface area contributed by atoms with E-state index in [1.54, 1.807) is 0 Å². The van der Waals surface area contributed by atoms with Gasteiger partial charge in [-0.1, -0.05) is 18.2 Å². The minimum atomic E-state index is 0.970. The first kappa shape index (κ1) is 13.3. The number of hydrogen-bond acceptors (Lipinski definition) is 2. The van der Waals surface area contributed by atoms with E-state index in [1.807, 2.05) is 0 Å². The average Bonchev–Trinajstić information content (AvgIpc) is 3.05. The standard InChI is InChI=1S/C17H23N3/c1-19-11-7-15(14-19)13-18-9-4-10-20-12-8-16-5-2-3-6-17(16)20/h2-3,5-7,11,14,18H,4,8-10,12-13H2,1H3. The zero-order valence-electron chi connectivity index (χ0n) is 12.2. The molecule has 0 unspecified atom stereocenters. The molecule has 0 atom stereocenters. The number of aryl methyl sites for hydroxylation is 1. The second-order valence-electron chi connectivity index (χ2n) is 5.58. The van der Waals surface area contributed by atoms with Crippen LogP contribution in [0.25, 0.3) is 0 Å². The van der Waals surface area contributed by atoms with Crippen LogP contribution in [-0.2, 0) is 20.0 Å². The zero-order valence-corrected chi connectivity index (χ0v) is 12.2. The second kappa shape index (κ2) is 6.14. The van der Waals surface area contributed by atoms with E-state index in [0.717, 1.165) is 19.6 Å². The normalized spacial score (nSPS) is 13.8. The second-order valence-corrected chi connectivity index (χ2v) is 5.58. The van der Waals surface area contributed by atoms with Gasteiger partial charge in [-0.3, -0.25) is 0 Å². The van der Waals surface area contributed by atoms with E-state index in [9.17, 15) is 0 Å². The Morgan fingerprint density at radius 1 is 1.20 bits per heavy atom. The van der Waals surface area contributed by atoms with Crippen molar-refractivity contribution in [3.05, 3.63) is 53.9 Å². The monoisotopic (exact) mass is 269 g/mol. The first-order valence-electron chi connectivity index (χ1n) is 7.47. The first-order valence-corrected chi connectivity index (χ1v) is 7.47. The van der Waals surface area contributed by atoms with Gasteiger partial charge >= 0.3 is 0 Å². The summed E-state index contributed by atoms with van der Waals surface area (Å²) in [5, 5.41) is 3.52. The Bertz CT molecular complexity index is 559. The van der Waals surface area contributed by atoms with Gasteiger partial charge in [-0.2, -0.15) is 0 Å². The van der Waals surface area contributed by atoms with E-state index in [0.29, 0.717) is 0 Å². The van der Waals surface area contributed by atoms with Crippen LogP contribution in [0.2, 0.25) is 0 Å². The van der Waals surface area contributed by atoms with Crippen LogP contribution >= 0.6 is 0 Å². The van der Waals surface area contributed by atoms with Crippen molar-refractivity contribution in [1.82, 2.24) is 9.88 Å². The molecular formula is C17H23N3. The lowest BCUT2D eigenvalue weighted by molar-refractivity contribution is 0.638. The third-order valence-electron chi connectivity index (χ3n) is 3.99. The molecule has 1 aromatic heterocycles. The number of nitrogens with zero attached hydrogens (tertiary/aromatic N) is 2. The zero-order chi connectivity index (χ0) is 13.8. The molecule has 0 bridgehead atoms. The van der Waals surface area contributed by atoms with Crippen molar-refractivity contribution < 1.29 is 0 Å². The molecule has 0 saturated heterocycles. The quantitative estimate of drug-likeness (QED) is 0.813. The summed E-state index contributed by atoms with van der Waals surface area (Å²) in [5.41, 5.74) is 4.30. The first-order chi connectivity index (χ1) is 9.83. The third-order valence-corrected chi connectivity index (χ3v) is 3.99. The number of anilines is 1. The number of nitrogens with one attached hydrogen (secondary N) is 1. The highest BCUT2D eigenvalue weighted by molar-refractivity contribution is 5.57. The summed E-state index contributed by atoms with van der Waals surface area (Å²) in [4.78, 5) is 2.51. The predicted octanol–water partition coefficient (Wildman–Crippen LogP) is 2.57. The summed E-state index contributed by atoms with van der Waals surface area (Å²) in [6.07, 6.45) is 6.66. The summed E-state index contributed by atoms with van der Waals surface area (Å²) in [6.45, 7) is 4.38. The molecule has 1 N–H and O–H groups in total. The van der Waals surface area contributed by atoms with Gasteiger partial charge in [-0.15, -0.1) is 0 Å². The fraction of sp³-hybridized carbons (Fsp3) is 0.412. The van der Waals surface area contributed by atoms with Crippen LogP contribution < -0.4 is 10.2 Å². The van der Waals surface area contributed by atoms with Crippen LogP contribution in [-0.4, -0.2) is 24.2 Å². The Balaban J connectivity index is 1.39. The molecule has 0 saturated carbocycles. The predicted molar refractivity (Wildman–Crippen MR) is 84.1 cm³/mol. The number of rotatable bonds is 6. The molecule has 20 heavy (non-hydrogen) atoms. The Labute approximate surface area is 121 Å². The van der Waals surface area contributed by atoms with Crippen molar-refractivity contribution in [3.63, 3.8) is 0 Å². The van der Waals surface area contributed by atoms with Crippen molar-refractivity contribution in [2.75, 3.05) is 24.5 Å². The lowest BCUT2D eigenvalue weighted by Crippen LogP contribution is -2.25. The van der Waals surface area contributed by atoms with Crippen LogP contribution in [0.4, 0.5) is 5.69 Å². The van der Waals surface area contributed by atoms with Crippen molar-refractivity contribution in [3.8, 4) is 0 Å². The average molecular weight is 269 g/mol. The van der Waals surface area contributed by atoms with Crippen molar-refractivity contribution >= 4 is 5.69 Å². The van der Waals surface area contributed by atoms with Crippen molar-refractivity contribution in [2.45, 2.75) is 19.4 Å². The Morgan fingerprint density at radius 2 is 2.10 bits per heavy atom. The van der Waals surface area contributed by atoms with E-state index in [1.165, 1.54) is 36.2 Å². The molecule has 3 nitrogen and oxygen atoms in total. The van der Waals surface area contributed by atoms with Gasteiger partial charge in [0.1, 0.15) is 0 Å². The lowest BCUT2D eigenvalue weighted by Gasteiger charge is -2.19. The van der Waals surface area contributed by atoms with Gasteiger partial charge < -0.3 is 14.8 Å². The number of fused-ring (bicyclic) bond motifs is 1. The molecule has 0 aliphatic carbocycles. The molecule has 106 valence electrons. The molecule has 1 aliphatic heterocycles. The minimum absolute atomic E-state index is 0.970. The highest BCUT2D eigenvalue weighted by atomic mass is 15.1. The largest absolute Gasteiger partial charge is 0.371 e. The van der Waals surface area contributed by atoms with Gasteiger partial charge in [-0.05, 0) is 42.6 Å². The highest BCUT2D eigenvalue weighted by Crippen LogP contribution is 2.27. The molecule has 2 aromatic rings. The lowest BCUT2D eigenvalue weighted by atomic mass is 10.2. The van der Waals surface area contributed by atoms with Crippen LogP contribution in [0.3, 0.4) is 0 Å². The fourth-order valence-corrected chi connectivity index (χ4v) is 2.93. The molecule has 0 fully saturated rings. The summed E-state index contributed by atoms with van der Waals surface area (Å²) < 4.78 is 2.10. The Hall–Kier alpha value is -1.74. The molecule has 3 rings (SSSR count). The Kier molecular flexibility index (Phi) is 4.07. The molecule has 0 spiro atoms. The summed E-state index contributed by atoms with van der Waals surface area (Å²) in [6, 6.07) is 11.0. The Morgan fingerprint density at radius 3 is 2.95 bits per heavy atom. The van der Waals surface area contributed by atoms with E-state index in [4.69, 9.17) is 0 Å². The maximum atomic E-state index is 3.52. The molecule has 0 amide bonds. The van der Waals surface area contributed by atoms with Crippen LogP contribution in [0.15, 0.2) is 42.7 Å². The van der Waals surface area contributed by atoms with Crippen molar-refractivity contribution in [1.29, 1.82) is 0 Å². The number of aromatic nitrogens is 1. The van der Waals surface area contributed by atoms with E-state index in [-0.39, 0.29) is 0 Å². The number of para-hydroxylation sites is 1. The van der Waals surface area contributed by atoms with Crippen LogP contribution in [0.5, 0.6) is 0 Å². The maximum absolute atomic E-state index is 3.52. The van der Waals surface area contributed by atoms with Gasteiger partial charge in [0.25, 0.3) is 0 Å². The van der Waals surface area contributed by atoms with E-state index >= 15 is 0 Å². The maximum Gasteiger partial charge on any atom is 0.0399 e. The topological polar surface area (TPSA) is 20.2 Å². The number of hydrogen-bond donors (Lipinski definition) is 1. The SMILES string of the molecule is Cn1ccc(CNCCCN2CCc3ccccc32)c1. The summed E-state index contributed by atoms with van der Waals surface area (Å²) in [5.74, 6) is 0. The molecule has 3 heteroatoms. The van der Waals surface area contributed by atoms with Gasteiger partial charge in [-0.25, -0.2) is 0 Å². The van der Waals surface area contributed by atoms with Gasteiger partial charge in [0.05, 0.1) is 0 Å². The van der Waals surface area contributed by atoms with Gasteiger partial charge in [0.15, 0.2) is 0 Å². The smallest absolute Gasteiger partial charge is 0.0399 e. The van der Waals surface area contributed by atoms with E-state index in [2.05, 4.69) is 64.6 Å². The summed E-state index contributed by atoms with van der Waals surface area (Å²) in [7, 11) is 2.06. The highest BCUT2D eigenvalue weighted by Gasteiger charge is 2.16. The minimum Gasteiger partial charge on any atom is -0.371 e. The summed E-state index contributed by atoms with van der Waals surface area (Å²) >= 11 is 0. The van der Waals surface area contributed by atoms with Crippen molar-refractivity contribution in [2.24, 2.45) is 7.05 Å². The fourth-order valence-electron chi connectivity index (χ4n) is 2.93. The molecule has 1 aliphatic rings. The van der Waals surface area contributed by atoms with Crippen LogP contribution in [0, 0.1) is 0 Å².